The Labute approximate surface area is 153 Å². The normalized spacial score (nSPS) is 14.1. The molecule has 0 aliphatic carbocycles. The molecule has 26 heavy (non-hydrogen) atoms. The highest BCUT2D eigenvalue weighted by atomic mass is 16.2. The first-order valence-electron chi connectivity index (χ1n) is 8.97. The van der Waals surface area contributed by atoms with Gasteiger partial charge in [0.1, 0.15) is 5.82 Å². The van der Waals surface area contributed by atoms with Crippen LogP contribution in [0.4, 0.5) is 0 Å². The first-order valence-corrected chi connectivity index (χ1v) is 8.97. The molecule has 3 aromatic rings. The summed E-state index contributed by atoms with van der Waals surface area (Å²) in [6, 6.07) is 5.88. The van der Waals surface area contributed by atoms with E-state index in [-0.39, 0.29) is 11.3 Å². The van der Waals surface area contributed by atoms with E-state index in [2.05, 4.69) is 44.6 Å². The van der Waals surface area contributed by atoms with Gasteiger partial charge in [-0.25, -0.2) is 9.97 Å². The van der Waals surface area contributed by atoms with Crippen LogP contribution >= 0.6 is 0 Å². The summed E-state index contributed by atoms with van der Waals surface area (Å²) in [6.45, 7) is 11.6. The van der Waals surface area contributed by atoms with Crippen LogP contribution in [0.25, 0.3) is 10.9 Å². The number of nitrogens with one attached hydrogen (secondary N) is 1. The van der Waals surface area contributed by atoms with Crippen molar-refractivity contribution in [3.63, 3.8) is 0 Å². The van der Waals surface area contributed by atoms with E-state index < -0.39 is 0 Å². The van der Waals surface area contributed by atoms with Crippen LogP contribution in [-0.4, -0.2) is 25.8 Å². The fourth-order valence-corrected chi connectivity index (χ4v) is 3.44. The molecular weight excluding hydrogens is 324 g/mol. The molecule has 0 bridgehead atoms. The minimum Gasteiger partial charge on any atom is -0.358 e. The molecule has 0 atom stereocenters. The molecule has 2 aromatic heterocycles. The van der Waals surface area contributed by atoms with E-state index in [1.807, 2.05) is 29.3 Å². The Morgan fingerprint density at radius 3 is 2.69 bits per heavy atom. The molecule has 4 rings (SSSR count). The second-order valence-corrected chi connectivity index (χ2v) is 8.21. The highest BCUT2D eigenvalue weighted by Crippen LogP contribution is 2.27. The van der Waals surface area contributed by atoms with Crippen molar-refractivity contribution in [3.05, 3.63) is 58.3 Å². The lowest BCUT2D eigenvalue weighted by molar-refractivity contribution is 0.0750. The van der Waals surface area contributed by atoms with E-state index in [1.165, 1.54) is 5.56 Å². The van der Waals surface area contributed by atoms with E-state index in [9.17, 15) is 4.79 Å². The molecule has 1 aliphatic heterocycles. The molecule has 1 aromatic carbocycles. The SMILES string of the molecule is Cc1[nH]c2ccc(C(=O)N3Cc4cnc(C(C)(C)C)nc4C3)cc2c1C. The summed E-state index contributed by atoms with van der Waals surface area (Å²) in [5.41, 5.74) is 6.04. The fraction of sp³-hybridized carbons (Fsp3) is 0.381. The van der Waals surface area contributed by atoms with Crippen molar-refractivity contribution in [2.24, 2.45) is 0 Å². The molecule has 1 amide bonds. The third-order valence-corrected chi connectivity index (χ3v) is 5.17. The molecule has 0 spiro atoms. The molecule has 5 heteroatoms. The molecule has 1 N–H and O–H groups in total. The van der Waals surface area contributed by atoms with Crippen LogP contribution < -0.4 is 0 Å². The monoisotopic (exact) mass is 348 g/mol. The average Bonchev–Trinajstić information content (AvgIpc) is 3.14. The van der Waals surface area contributed by atoms with Crippen LogP contribution in [0.5, 0.6) is 0 Å². The van der Waals surface area contributed by atoms with Crippen molar-refractivity contribution in [3.8, 4) is 0 Å². The smallest absolute Gasteiger partial charge is 0.254 e. The summed E-state index contributed by atoms with van der Waals surface area (Å²) in [7, 11) is 0. The average molecular weight is 348 g/mol. The van der Waals surface area contributed by atoms with E-state index >= 15 is 0 Å². The number of fused-ring (bicyclic) bond motifs is 2. The van der Waals surface area contributed by atoms with Crippen molar-refractivity contribution in [2.75, 3.05) is 0 Å². The van der Waals surface area contributed by atoms with Gasteiger partial charge in [-0.1, -0.05) is 20.8 Å². The Kier molecular flexibility index (Phi) is 3.65. The highest BCUT2D eigenvalue weighted by Gasteiger charge is 2.28. The number of rotatable bonds is 1. The maximum Gasteiger partial charge on any atom is 0.254 e. The number of carbonyl (C=O) groups excluding carboxylic acids is 1. The number of carbonyl (C=O) groups is 1. The Morgan fingerprint density at radius 1 is 1.19 bits per heavy atom. The molecule has 0 saturated heterocycles. The van der Waals surface area contributed by atoms with Crippen LogP contribution in [0.1, 0.15) is 59.5 Å². The van der Waals surface area contributed by atoms with Gasteiger partial charge in [-0.2, -0.15) is 0 Å². The molecule has 5 nitrogen and oxygen atoms in total. The van der Waals surface area contributed by atoms with Crippen LogP contribution in [0.15, 0.2) is 24.4 Å². The number of aromatic amines is 1. The van der Waals surface area contributed by atoms with Crippen LogP contribution in [-0.2, 0) is 18.5 Å². The Hall–Kier alpha value is -2.69. The lowest BCUT2D eigenvalue weighted by Crippen LogP contribution is -2.25. The van der Waals surface area contributed by atoms with Gasteiger partial charge in [0.25, 0.3) is 5.91 Å². The number of aryl methyl sites for hydroxylation is 2. The summed E-state index contributed by atoms with van der Waals surface area (Å²) in [5.74, 6) is 0.867. The summed E-state index contributed by atoms with van der Waals surface area (Å²) in [4.78, 5) is 27.4. The molecule has 0 unspecified atom stereocenters. The van der Waals surface area contributed by atoms with Gasteiger partial charge < -0.3 is 9.88 Å². The number of aromatic nitrogens is 3. The summed E-state index contributed by atoms with van der Waals surface area (Å²) >= 11 is 0. The maximum absolute atomic E-state index is 13.0. The predicted octanol–water partition coefficient (Wildman–Crippen LogP) is 4.03. The minimum absolute atomic E-state index is 0.0421. The summed E-state index contributed by atoms with van der Waals surface area (Å²) in [5, 5.41) is 1.11. The maximum atomic E-state index is 13.0. The van der Waals surface area contributed by atoms with Gasteiger partial charge >= 0.3 is 0 Å². The lowest BCUT2D eigenvalue weighted by atomic mass is 9.95. The molecule has 0 radical (unpaired) electrons. The minimum atomic E-state index is -0.0961. The fourth-order valence-electron chi connectivity index (χ4n) is 3.44. The zero-order valence-corrected chi connectivity index (χ0v) is 16.0. The third-order valence-electron chi connectivity index (χ3n) is 5.17. The Morgan fingerprint density at radius 2 is 1.96 bits per heavy atom. The van der Waals surface area contributed by atoms with Gasteiger partial charge in [0.2, 0.25) is 0 Å². The van der Waals surface area contributed by atoms with Gasteiger partial charge in [-0.3, -0.25) is 4.79 Å². The van der Waals surface area contributed by atoms with Gasteiger partial charge in [0, 0.05) is 45.9 Å². The van der Waals surface area contributed by atoms with Crippen LogP contribution in [0, 0.1) is 13.8 Å². The molecule has 1 aliphatic rings. The Bertz CT molecular complexity index is 1030. The number of amides is 1. The molecular formula is C21H24N4O. The zero-order valence-electron chi connectivity index (χ0n) is 16.0. The molecule has 0 saturated carbocycles. The van der Waals surface area contributed by atoms with Crippen LogP contribution in [0.3, 0.4) is 0 Å². The number of H-pyrrole nitrogens is 1. The summed E-state index contributed by atoms with van der Waals surface area (Å²) in [6.07, 6.45) is 1.87. The second kappa shape index (κ2) is 5.66. The standard InChI is InChI=1S/C21H24N4O/c1-12-13(2)23-17-7-6-14(8-16(12)17)19(26)25-10-15-9-22-20(21(3,4)5)24-18(15)11-25/h6-9,23H,10-11H2,1-5H3. The van der Waals surface area contributed by atoms with Gasteiger partial charge in [-0.05, 0) is 37.6 Å². The van der Waals surface area contributed by atoms with E-state index in [4.69, 9.17) is 4.98 Å². The number of nitrogens with zero attached hydrogens (tertiary/aromatic N) is 3. The second-order valence-electron chi connectivity index (χ2n) is 8.21. The topological polar surface area (TPSA) is 61.9 Å². The number of hydrogen-bond donors (Lipinski definition) is 1. The zero-order chi connectivity index (χ0) is 18.6. The van der Waals surface area contributed by atoms with Crippen molar-refractivity contribution in [1.29, 1.82) is 0 Å². The van der Waals surface area contributed by atoms with E-state index in [1.54, 1.807) is 0 Å². The lowest BCUT2D eigenvalue weighted by Gasteiger charge is -2.16. The predicted molar refractivity (Wildman–Crippen MR) is 102 cm³/mol. The Balaban J connectivity index is 1.62. The molecule has 3 heterocycles. The largest absolute Gasteiger partial charge is 0.358 e. The quantitative estimate of drug-likeness (QED) is 0.722. The van der Waals surface area contributed by atoms with Gasteiger partial charge in [0.15, 0.2) is 0 Å². The number of benzene rings is 1. The van der Waals surface area contributed by atoms with Crippen LogP contribution in [0.2, 0.25) is 0 Å². The molecule has 134 valence electrons. The highest BCUT2D eigenvalue weighted by molar-refractivity contribution is 5.99. The van der Waals surface area contributed by atoms with Crippen molar-refractivity contribution < 1.29 is 4.79 Å². The van der Waals surface area contributed by atoms with Crippen molar-refractivity contribution in [1.82, 2.24) is 19.9 Å². The first kappa shape index (κ1) is 16.8. The third kappa shape index (κ3) is 2.68. The van der Waals surface area contributed by atoms with Crippen molar-refractivity contribution >= 4 is 16.8 Å². The van der Waals surface area contributed by atoms with E-state index in [0.29, 0.717) is 13.1 Å². The summed E-state index contributed by atoms with van der Waals surface area (Å²) < 4.78 is 0. The van der Waals surface area contributed by atoms with Crippen molar-refractivity contribution in [2.45, 2.75) is 53.1 Å². The number of hydrogen-bond acceptors (Lipinski definition) is 3. The molecule has 0 fully saturated rings. The van der Waals surface area contributed by atoms with Gasteiger partial charge in [-0.15, -0.1) is 0 Å². The van der Waals surface area contributed by atoms with E-state index in [0.717, 1.165) is 39.2 Å². The first-order chi connectivity index (χ1) is 12.2. The van der Waals surface area contributed by atoms with Gasteiger partial charge in [0.05, 0.1) is 12.2 Å².